The molecule has 0 aromatic heterocycles. The van der Waals surface area contributed by atoms with Crippen molar-refractivity contribution < 1.29 is 34.2 Å². The van der Waals surface area contributed by atoms with Crippen LogP contribution < -0.4 is 5.11 Å². The number of hydrogen-bond donors (Lipinski definition) is 2. The highest BCUT2D eigenvalue weighted by Crippen LogP contribution is 2.14. The van der Waals surface area contributed by atoms with Crippen LogP contribution in [0.3, 0.4) is 0 Å². The van der Waals surface area contributed by atoms with Crippen molar-refractivity contribution in [3.05, 3.63) is 12.2 Å². The van der Waals surface area contributed by atoms with E-state index in [4.69, 9.17) is 10.2 Å². The van der Waals surface area contributed by atoms with Crippen LogP contribution in [0.4, 0.5) is 0 Å². The second kappa shape index (κ2) is 20.7. The summed E-state index contributed by atoms with van der Waals surface area (Å²) in [6, 6.07) is 0. The molecule has 33 heavy (non-hydrogen) atoms. The molecule has 0 amide bonds. The lowest BCUT2D eigenvalue weighted by Gasteiger charge is -2.36. The largest absolute Gasteiger partial charge is 0.544 e. The van der Waals surface area contributed by atoms with E-state index in [2.05, 4.69) is 19.1 Å². The number of carbonyl (C=O) groups excluding carboxylic acids is 1. The average molecular weight is 470 g/mol. The molecular formula is C26H47NO6. The average Bonchev–Trinajstić information content (AvgIpc) is 2.71. The Morgan fingerprint density at radius 1 is 0.636 bits per heavy atom. The highest BCUT2D eigenvalue weighted by atomic mass is 16.4. The first kappa shape index (κ1) is 31.1. The van der Waals surface area contributed by atoms with Gasteiger partial charge >= 0.3 is 11.9 Å². The zero-order chi connectivity index (χ0) is 24.8. The van der Waals surface area contributed by atoms with E-state index in [1.54, 1.807) is 0 Å². The van der Waals surface area contributed by atoms with Crippen LogP contribution >= 0.6 is 0 Å². The number of rotatable bonds is 24. The maximum absolute atomic E-state index is 11.1. The number of nitrogens with zero attached hydrogens (tertiary/aromatic N) is 1. The fourth-order valence-electron chi connectivity index (χ4n) is 4.30. The quantitative estimate of drug-likeness (QED) is 0.122. The topological polar surface area (TPSA) is 115 Å². The van der Waals surface area contributed by atoms with Crippen molar-refractivity contribution in [3.63, 3.8) is 0 Å². The minimum Gasteiger partial charge on any atom is -0.544 e. The van der Waals surface area contributed by atoms with Crippen molar-refractivity contribution in [1.29, 1.82) is 0 Å². The van der Waals surface area contributed by atoms with Gasteiger partial charge in [0.25, 0.3) is 0 Å². The van der Waals surface area contributed by atoms with Gasteiger partial charge in [0.1, 0.15) is 6.54 Å². The van der Waals surface area contributed by atoms with Crippen LogP contribution in [0.5, 0.6) is 0 Å². The molecule has 0 aliphatic carbocycles. The molecule has 2 N–H and O–H groups in total. The molecule has 0 heterocycles. The fraction of sp³-hybridized carbons (Fsp3) is 0.808. The van der Waals surface area contributed by atoms with E-state index >= 15 is 0 Å². The Balaban J connectivity index is 3.84. The van der Waals surface area contributed by atoms with Crippen LogP contribution in [0.15, 0.2) is 12.2 Å². The summed E-state index contributed by atoms with van der Waals surface area (Å²) < 4.78 is -0.508. The SMILES string of the molecule is CCCCCCCCCCCC/C=C/CCCCCC[N+](CC(=O)[O-])(CC(=O)O)CC(=O)O. The maximum atomic E-state index is 11.1. The highest BCUT2D eigenvalue weighted by molar-refractivity contribution is 5.72. The number of carboxylic acids is 3. The number of carboxylic acid groups (broad SMARTS) is 3. The third-order valence-electron chi connectivity index (χ3n) is 6.05. The first-order valence-electron chi connectivity index (χ1n) is 12.9. The van der Waals surface area contributed by atoms with Crippen LogP contribution in [0.25, 0.3) is 0 Å². The number of carbonyl (C=O) groups is 3. The van der Waals surface area contributed by atoms with E-state index < -0.39 is 42.0 Å². The Kier molecular flexibility index (Phi) is 19.5. The lowest BCUT2D eigenvalue weighted by molar-refractivity contribution is -0.909. The van der Waals surface area contributed by atoms with Crippen molar-refractivity contribution in [2.45, 2.75) is 110 Å². The molecular weight excluding hydrogens is 422 g/mol. The molecule has 0 radical (unpaired) electrons. The molecule has 0 spiro atoms. The monoisotopic (exact) mass is 469 g/mol. The summed E-state index contributed by atoms with van der Waals surface area (Å²) in [4.78, 5) is 33.3. The number of unbranched alkanes of at least 4 members (excludes halogenated alkanes) is 14. The van der Waals surface area contributed by atoms with E-state index in [1.807, 2.05) is 0 Å². The molecule has 0 aromatic rings. The summed E-state index contributed by atoms with van der Waals surface area (Å²) in [7, 11) is 0. The predicted molar refractivity (Wildman–Crippen MR) is 129 cm³/mol. The molecule has 192 valence electrons. The smallest absolute Gasteiger partial charge is 0.359 e. The van der Waals surface area contributed by atoms with Crippen molar-refractivity contribution in [1.82, 2.24) is 0 Å². The summed E-state index contributed by atoms with van der Waals surface area (Å²) in [6.45, 7) is 0.811. The molecule has 7 heteroatoms. The Hall–Kier alpha value is -1.89. The Morgan fingerprint density at radius 3 is 1.42 bits per heavy atom. The van der Waals surface area contributed by atoms with Gasteiger partial charge in [-0.2, -0.15) is 0 Å². The second-order valence-electron chi connectivity index (χ2n) is 9.34. The fourth-order valence-corrected chi connectivity index (χ4v) is 4.30. The molecule has 0 aliphatic rings. The van der Waals surface area contributed by atoms with Crippen LogP contribution in [-0.2, 0) is 14.4 Å². The van der Waals surface area contributed by atoms with Crippen molar-refractivity contribution in [2.75, 3.05) is 26.2 Å². The molecule has 0 aliphatic heterocycles. The standard InChI is InChI=1S/C26H47NO6/c1-2-3-4-5-6-7-8-9-10-11-12-13-14-15-16-17-18-19-20-27(21-24(28)29,22-25(30)31)23-26(32)33/h13-14H,2-12,15-23H2,1H3,(H2-,28,29,30,31,32,33)/b14-13+. The Bertz CT molecular complexity index is 520. The van der Waals surface area contributed by atoms with Gasteiger partial charge in [-0.15, -0.1) is 0 Å². The lowest BCUT2D eigenvalue weighted by Crippen LogP contribution is -2.59. The van der Waals surface area contributed by atoms with Crippen LogP contribution in [-0.4, -0.2) is 58.8 Å². The summed E-state index contributed by atoms with van der Waals surface area (Å²) >= 11 is 0. The first-order valence-corrected chi connectivity index (χ1v) is 12.9. The van der Waals surface area contributed by atoms with Crippen molar-refractivity contribution in [3.8, 4) is 0 Å². The van der Waals surface area contributed by atoms with E-state index in [-0.39, 0.29) is 6.54 Å². The second-order valence-corrected chi connectivity index (χ2v) is 9.34. The summed E-state index contributed by atoms with van der Waals surface area (Å²) in [6.07, 6.45) is 23.5. The third kappa shape index (κ3) is 20.4. The van der Waals surface area contributed by atoms with E-state index in [1.165, 1.54) is 64.2 Å². The predicted octanol–water partition coefficient (Wildman–Crippen LogP) is 4.54. The molecule has 0 rings (SSSR count). The number of hydrogen-bond acceptors (Lipinski definition) is 4. The minimum atomic E-state index is -1.43. The Morgan fingerprint density at radius 2 is 1.03 bits per heavy atom. The summed E-state index contributed by atoms with van der Waals surface area (Å²) in [5.74, 6) is -3.83. The van der Waals surface area contributed by atoms with Gasteiger partial charge in [0.2, 0.25) is 0 Å². The van der Waals surface area contributed by atoms with Gasteiger partial charge in [-0.05, 0) is 38.5 Å². The molecule has 0 atom stereocenters. The molecule has 0 saturated heterocycles. The van der Waals surface area contributed by atoms with Crippen LogP contribution in [0.2, 0.25) is 0 Å². The van der Waals surface area contributed by atoms with Gasteiger partial charge in [0.15, 0.2) is 13.1 Å². The number of allylic oxidation sites excluding steroid dienone is 2. The van der Waals surface area contributed by atoms with Gasteiger partial charge in [-0.3, -0.25) is 0 Å². The first-order chi connectivity index (χ1) is 15.8. The van der Waals surface area contributed by atoms with Gasteiger partial charge in [0, 0.05) is 0 Å². The molecule has 0 fully saturated rings. The van der Waals surface area contributed by atoms with Crippen molar-refractivity contribution >= 4 is 17.9 Å². The Labute approximate surface area is 200 Å². The van der Waals surface area contributed by atoms with Crippen LogP contribution in [0.1, 0.15) is 110 Å². The summed E-state index contributed by atoms with van der Waals surface area (Å²) in [5, 5.41) is 29.2. The zero-order valence-corrected chi connectivity index (χ0v) is 20.8. The normalized spacial score (nSPS) is 11.8. The highest BCUT2D eigenvalue weighted by Gasteiger charge is 2.33. The molecule has 7 nitrogen and oxygen atoms in total. The molecule has 0 bridgehead atoms. The summed E-state index contributed by atoms with van der Waals surface area (Å²) in [5.41, 5.74) is 0. The van der Waals surface area contributed by atoms with Crippen LogP contribution in [0, 0.1) is 0 Å². The molecule has 0 aromatic carbocycles. The minimum absolute atomic E-state index is 0.209. The van der Waals surface area contributed by atoms with Gasteiger partial charge in [-0.1, -0.05) is 83.3 Å². The third-order valence-corrected chi connectivity index (χ3v) is 6.05. The molecule has 0 saturated carbocycles. The lowest BCUT2D eigenvalue weighted by atomic mass is 10.1. The zero-order valence-electron chi connectivity index (χ0n) is 20.8. The maximum Gasteiger partial charge on any atom is 0.359 e. The molecule has 0 unspecified atom stereocenters. The number of quaternary nitrogens is 1. The van der Waals surface area contributed by atoms with E-state index in [9.17, 15) is 19.5 Å². The van der Waals surface area contributed by atoms with E-state index in [0.29, 0.717) is 6.42 Å². The van der Waals surface area contributed by atoms with Gasteiger partial charge < -0.3 is 24.6 Å². The van der Waals surface area contributed by atoms with E-state index in [0.717, 1.165) is 32.1 Å². The number of aliphatic carboxylic acids is 3. The van der Waals surface area contributed by atoms with Gasteiger partial charge in [-0.25, -0.2) is 9.59 Å². The van der Waals surface area contributed by atoms with Crippen molar-refractivity contribution in [2.24, 2.45) is 0 Å². The van der Waals surface area contributed by atoms with Gasteiger partial charge in [0.05, 0.1) is 12.5 Å².